The van der Waals surface area contributed by atoms with Crippen molar-refractivity contribution in [2.75, 3.05) is 0 Å². The number of aromatic nitrogens is 2. The molecule has 1 aromatic carbocycles. The van der Waals surface area contributed by atoms with Crippen LogP contribution in [0.25, 0.3) is 5.69 Å². The average molecular weight is 469 g/mol. The van der Waals surface area contributed by atoms with Crippen LogP contribution in [-0.2, 0) is 0 Å². The Morgan fingerprint density at radius 2 is 1.83 bits per heavy atom. The Hall–Kier alpha value is -2.18. The molecule has 0 spiro atoms. The number of hydrogen-bond acceptors (Lipinski definition) is 2. The first-order valence-corrected chi connectivity index (χ1v) is 11.0. The molecule has 6 heteroatoms. The maximum atomic E-state index is 5.74. The highest BCUT2D eigenvalue weighted by Crippen LogP contribution is 2.42. The molecule has 0 amide bonds. The van der Waals surface area contributed by atoms with Crippen LogP contribution < -0.4 is 5.32 Å². The molecule has 0 bridgehead atoms. The average Bonchev–Trinajstić information content (AvgIpc) is 3.19. The summed E-state index contributed by atoms with van der Waals surface area (Å²) in [6, 6.07) is 17.1. The third-order valence-electron chi connectivity index (χ3n) is 5.57. The van der Waals surface area contributed by atoms with Crippen molar-refractivity contribution in [3.63, 3.8) is 0 Å². The molecule has 0 unspecified atom stereocenters. The Kier molecular flexibility index (Phi) is 5.49. The molecule has 0 aliphatic carbocycles. The monoisotopic (exact) mass is 468 g/mol. The van der Waals surface area contributed by atoms with E-state index >= 15 is 0 Å². The number of halogens is 1. The van der Waals surface area contributed by atoms with Gasteiger partial charge in [-0.05, 0) is 91.7 Å². The zero-order valence-electron chi connectivity index (χ0n) is 17.1. The fourth-order valence-electron chi connectivity index (χ4n) is 4.34. The van der Waals surface area contributed by atoms with Gasteiger partial charge in [0.05, 0.1) is 23.5 Å². The van der Waals surface area contributed by atoms with Gasteiger partial charge in [-0.25, -0.2) is 0 Å². The van der Waals surface area contributed by atoms with Crippen LogP contribution in [-0.4, -0.2) is 25.6 Å². The molecule has 1 aliphatic heterocycles. The number of rotatable bonds is 4. The maximum absolute atomic E-state index is 5.74. The largest absolute Gasteiger partial charge is 0.352 e. The van der Waals surface area contributed by atoms with Gasteiger partial charge in [-0.1, -0.05) is 18.2 Å². The van der Waals surface area contributed by atoms with E-state index in [1.165, 1.54) is 17.0 Å². The van der Waals surface area contributed by atoms with Crippen molar-refractivity contribution in [1.82, 2.24) is 19.8 Å². The molecular weight excluding hydrogens is 444 g/mol. The summed E-state index contributed by atoms with van der Waals surface area (Å²) in [5.74, 6) is 0. The standard InChI is InChI=1S/C23H25BrN4S/c1-14(2)27-22(21(26-23(27)29)19-10-7-8-12-25-19)17-13-15(3)28(16(17)4)20-11-6-5-9-18(20)24/h5-14,21-22H,1-4H3,(H,26,29)/t21-,22+/m1/s1. The molecule has 0 saturated carbocycles. The molecule has 3 aromatic rings. The van der Waals surface area contributed by atoms with Crippen LogP contribution in [0.1, 0.15) is 48.6 Å². The smallest absolute Gasteiger partial charge is 0.170 e. The number of nitrogens with zero attached hydrogens (tertiary/aromatic N) is 3. The molecule has 1 saturated heterocycles. The molecule has 29 heavy (non-hydrogen) atoms. The van der Waals surface area contributed by atoms with Crippen LogP contribution in [0.4, 0.5) is 0 Å². The Morgan fingerprint density at radius 1 is 1.10 bits per heavy atom. The summed E-state index contributed by atoms with van der Waals surface area (Å²) in [7, 11) is 0. The Balaban J connectivity index is 1.88. The van der Waals surface area contributed by atoms with Crippen LogP contribution >= 0.6 is 28.1 Å². The van der Waals surface area contributed by atoms with E-state index in [1.807, 2.05) is 24.4 Å². The predicted octanol–water partition coefficient (Wildman–Crippen LogP) is 5.63. The van der Waals surface area contributed by atoms with Gasteiger partial charge in [-0.3, -0.25) is 4.98 Å². The highest BCUT2D eigenvalue weighted by atomic mass is 79.9. The van der Waals surface area contributed by atoms with Crippen molar-refractivity contribution in [2.45, 2.75) is 45.8 Å². The summed E-state index contributed by atoms with van der Waals surface area (Å²) in [5.41, 5.74) is 5.85. The number of thiocarbonyl (C=S) groups is 1. The van der Waals surface area contributed by atoms with Crippen LogP contribution in [0.5, 0.6) is 0 Å². The van der Waals surface area contributed by atoms with Crippen molar-refractivity contribution in [3.05, 3.63) is 81.8 Å². The molecule has 1 aliphatic rings. The number of aryl methyl sites for hydroxylation is 1. The van der Waals surface area contributed by atoms with Gasteiger partial charge in [-0.2, -0.15) is 0 Å². The Morgan fingerprint density at radius 3 is 2.48 bits per heavy atom. The molecule has 2 aromatic heterocycles. The number of hydrogen-bond donors (Lipinski definition) is 1. The summed E-state index contributed by atoms with van der Waals surface area (Å²) in [6.07, 6.45) is 1.85. The summed E-state index contributed by atoms with van der Waals surface area (Å²) in [4.78, 5) is 6.94. The second-order valence-corrected chi connectivity index (χ2v) is 8.98. The van der Waals surface area contributed by atoms with Gasteiger partial charge >= 0.3 is 0 Å². The molecule has 4 nitrogen and oxygen atoms in total. The lowest BCUT2D eigenvalue weighted by Crippen LogP contribution is -2.35. The van der Waals surface area contributed by atoms with Gasteiger partial charge in [0, 0.05) is 28.1 Å². The number of nitrogens with one attached hydrogen (secondary N) is 1. The second-order valence-electron chi connectivity index (χ2n) is 7.74. The van der Waals surface area contributed by atoms with Gasteiger partial charge in [0.25, 0.3) is 0 Å². The van der Waals surface area contributed by atoms with Crippen molar-refractivity contribution < 1.29 is 0 Å². The minimum atomic E-state index is 0.0132. The predicted molar refractivity (Wildman–Crippen MR) is 125 cm³/mol. The van der Waals surface area contributed by atoms with Crippen molar-refractivity contribution >= 4 is 33.3 Å². The second kappa shape index (κ2) is 7.92. The molecule has 4 rings (SSSR count). The number of pyridine rings is 1. The third-order valence-corrected chi connectivity index (χ3v) is 6.57. The molecule has 3 heterocycles. The first kappa shape index (κ1) is 20.1. The van der Waals surface area contributed by atoms with Crippen LogP contribution in [0.3, 0.4) is 0 Å². The van der Waals surface area contributed by atoms with E-state index in [0.717, 1.165) is 21.0 Å². The topological polar surface area (TPSA) is 33.1 Å². The molecule has 0 radical (unpaired) electrons. The molecule has 150 valence electrons. The zero-order valence-corrected chi connectivity index (χ0v) is 19.5. The maximum Gasteiger partial charge on any atom is 0.170 e. The molecule has 2 atom stereocenters. The van der Waals surface area contributed by atoms with E-state index in [-0.39, 0.29) is 18.1 Å². The van der Waals surface area contributed by atoms with Crippen LogP contribution in [0, 0.1) is 13.8 Å². The van der Waals surface area contributed by atoms with E-state index < -0.39 is 0 Å². The fourth-order valence-corrected chi connectivity index (χ4v) is 5.26. The molecular formula is C23H25BrN4S. The summed E-state index contributed by atoms with van der Waals surface area (Å²) in [5, 5.41) is 4.32. The van der Waals surface area contributed by atoms with Gasteiger partial charge < -0.3 is 14.8 Å². The summed E-state index contributed by atoms with van der Waals surface area (Å²) >= 11 is 9.45. The van der Waals surface area contributed by atoms with E-state index in [0.29, 0.717) is 0 Å². The quantitative estimate of drug-likeness (QED) is 0.502. The van der Waals surface area contributed by atoms with Crippen molar-refractivity contribution in [3.8, 4) is 5.69 Å². The molecule has 1 fully saturated rings. The van der Waals surface area contributed by atoms with Crippen LogP contribution in [0.2, 0.25) is 0 Å². The molecule has 1 N–H and O–H groups in total. The van der Waals surface area contributed by atoms with E-state index in [2.05, 4.69) is 93.7 Å². The van der Waals surface area contributed by atoms with Crippen molar-refractivity contribution in [2.24, 2.45) is 0 Å². The highest BCUT2D eigenvalue weighted by molar-refractivity contribution is 9.10. The highest BCUT2D eigenvalue weighted by Gasteiger charge is 2.42. The van der Waals surface area contributed by atoms with Crippen molar-refractivity contribution in [1.29, 1.82) is 0 Å². The minimum Gasteiger partial charge on any atom is -0.352 e. The van der Waals surface area contributed by atoms with Gasteiger partial charge in [0.1, 0.15) is 0 Å². The first-order valence-electron chi connectivity index (χ1n) is 9.83. The lowest BCUT2D eigenvalue weighted by molar-refractivity contribution is 0.269. The third kappa shape index (κ3) is 3.49. The lowest BCUT2D eigenvalue weighted by Gasteiger charge is -2.31. The summed E-state index contributed by atoms with van der Waals surface area (Å²) in [6.45, 7) is 8.73. The van der Waals surface area contributed by atoms with Gasteiger partial charge in [0.2, 0.25) is 0 Å². The zero-order chi connectivity index (χ0) is 20.7. The number of benzene rings is 1. The Labute approximate surface area is 186 Å². The normalized spacial score (nSPS) is 19.1. The first-order chi connectivity index (χ1) is 13.9. The summed E-state index contributed by atoms with van der Waals surface area (Å²) < 4.78 is 3.39. The minimum absolute atomic E-state index is 0.0132. The van der Waals surface area contributed by atoms with E-state index in [9.17, 15) is 0 Å². The van der Waals surface area contributed by atoms with E-state index in [1.54, 1.807) is 0 Å². The fraction of sp³-hybridized carbons (Fsp3) is 0.304. The van der Waals surface area contributed by atoms with Gasteiger partial charge in [0.15, 0.2) is 5.11 Å². The van der Waals surface area contributed by atoms with E-state index in [4.69, 9.17) is 12.2 Å². The Bertz CT molecular complexity index is 1040. The SMILES string of the molecule is Cc1cc([C@H]2[C@@H](c3ccccn3)NC(=S)N2C(C)C)c(C)n1-c1ccccc1Br. The van der Waals surface area contributed by atoms with Gasteiger partial charge in [-0.15, -0.1) is 0 Å². The number of para-hydroxylation sites is 1. The van der Waals surface area contributed by atoms with Crippen LogP contribution in [0.15, 0.2) is 59.2 Å². The lowest BCUT2D eigenvalue weighted by atomic mass is 9.96.